The van der Waals surface area contributed by atoms with Crippen molar-refractivity contribution >= 4 is 44.6 Å². The molecule has 1 aliphatic heterocycles. The molecule has 0 atom stereocenters. The van der Waals surface area contributed by atoms with E-state index in [9.17, 15) is 0 Å². The summed E-state index contributed by atoms with van der Waals surface area (Å²) in [4.78, 5) is 9.18. The van der Waals surface area contributed by atoms with Crippen molar-refractivity contribution in [3.05, 3.63) is 223 Å². The largest absolute Gasteiger partial charge is 0.509 e. The summed E-state index contributed by atoms with van der Waals surface area (Å²) in [5.41, 5.74) is 12.5. The molecular weight excluding hydrogens is 1070 g/mol. The first-order chi connectivity index (χ1) is 37.8. The van der Waals surface area contributed by atoms with Crippen molar-refractivity contribution in [2.75, 3.05) is 9.80 Å². The molecule has 0 saturated carbocycles. The number of nitrogens with zero attached hydrogens (tertiary/aromatic N) is 4. The number of aryl methyl sites for hydroxylation is 1. The van der Waals surface area contributed by atoms with Crippen molar-refractivity contribution in [3.8, 4) is 50.7 Å². The molecule has 3 heterocycles. The average molecular weight is 1140 g/mol. The summed E-state index contributed by atoms with van der Waals surface area (Å²) in [5, 5.41) is 1.59. The molecule has 0 unspecified atom stereocenters. The second kappa shape index (κ2) is 19.0. The standard InChI is InChI=1S/C67H61N4O.Pt/c1-44-34-48(45-22-13-11-14-23-45)42-68-64(44)71-59-29-18-17-28-55(59)56-33-32-54(41-62(56)71)72-53-27-21-26-52(40-53)69-43-70(61-31-20-19-30-60(61)69)63-57(46-24-15-12-16-25-46)38-51(67(8,9)10)39-58(63)47-35-49(65(2,3)4)37-50(36-47)66(5,6)7;/h11-39,42-43H,1-10H3;/q-3;/i1D3,11D,13D,14D,22D,23D;. The third-order valence-corrected chi connectivity index (χ3v) is 13.6. The van der Waals surface area contributed by atoms with E-state index >= 15 is 0 Å². The van der Waals surface area contributed by atoms with Crippen LogP contribution in [0.2, 0.25) is 0 Å². The Morgan fingerprint density at radius 2 is 1.16 bits per heavy atom. The molecule has 0 saturated heterocycles. The Labute approximate surface area is 457 Å². The van der Waals surface area contributed by atoms with Crippen molar-refractivity contribution in [2.24, 2.45) is 0 Å². The van der Waals surface area contributed by atoms with Crippen LogP contribution in [0.25, 0.3) is 61.0 Å². The normalized spacial score (nSPS) is 14.6. The molecule has 5 nitrogen and oxygen atoms in total. The Kier molecular flexibility index (Phi) is 10.5. The van der Waals surface area contributed by atoms with Gasteiger partial charge in [-0.25, -0.2) is 4.98 Å². The van der Waals surface area contributed by atoms with E-state index < -0.39 is 37.1 Å². The SMILES string of the molecule is [2H]c1c([2H])c([2H])c(-c2cnc(-n3c4[c-]c(Oc5[c-]c(N6[CH-]N(c7c(-c8ccccc8)cc(C(C)(C)C)cc7-c7cc(C(C)(C)C)cc(C(C)(C)C)c7)c7ccccc76)ccc5)ccc4c4ccccc43)c(C([2H])([2H])[2H])c2)c([2H])c1[2H].[Pt]. The van der Waals surface area contributed by atoms with Crippen LogP contribution < -0.4 is 14.5 Å². The first-order valence-electron chi connectivity index (χ1n) is 28.4. The van der Waals surface area contributed by atoms with E-state index in [-0.39, 0.29) is 59.8 Å². The average Bonchev–Trinajstić information content (AvgIpc) is 4.21. The molecule has 8 aromatic carbocycles. The summed E-state index contributed by atoms with van der Waals surface area (Å²) >= 11 is 0. The van der Waals surface area contributed by atoms with E-state index in [0.717, 1.165) is 55.8 Å². The summed E-state index contributed by atoms with van der Waals surface area (Å²) in [7, 11) is 0. The zero-order chi connectivity index (χ0) is 57.0. The number of aromatic nitrogens is 2. The van der Waals surface area contributed by atoms with Crippen LogP contribution in [0.5, 0.6) is 11.5 Å². The summed E-state index contributed by atoms with van der Waals surface area (Å²) in [6.45, 7) is 19.9. The van der Waals surface area contributed by atoms with Gasteiger partial charge in [0.25, 0.3) is 0 Å². The van der Waals surface area contributed by atoms with Gasteiger partial charge in [-0.05, 0) is 104 Å². The smallest absolute Gasteiger partial charge is 0.138 e. The molecule has 73 heavy (non-hydrogen) atoms. The van der Waals surface area contributed by atoms with Crippen LogP contribution in [0, 0.1) is 25.7 Å². The molecule has 368 valence electrons. The molecular formula is C67H61N4OPt-3. The van der Waals surface area contributed by atoms with Crippen LogP contribution >= 0.6 is 0 Å². The van der Waals surface area contributed by atoms with Gasteiger partial charge in [-0.15, -0.1) is 48.1 Å². The topological polar surface area (TPSA) is 33.5 Å². The number of pyridine rings is 1. The maximum atomic E-state index is 8.73. The molecule has 0 bridgehead atoms. The Morgan fingerprint density at radius 3 is 1.85 bits per heavy atom. The van der Waals surface area contributed by atoms with Gasteiger partial charge in [0.05, 0.1) is 6.85 Å². The van der Waals surface area contributed by atoms with Crippen molar-refractivity contribution in [2.45, 2.75) is 85.4 Å². The molecule has 6 heteroatoms. The van der Waals surface area contributed by atoms with E-state index in [1.165, 1.54) is 29.0 Å². The van der Waals surface area contributed by atoms with Crippen LogP contribution in [0.4, 0.5) is 22.7 Å². The quantitative estimate of drug-likeness (QED) is 0.142. The van der Waals surface area contributed by atoms with E-state index in [1.807, 2.05) is 60.7 Å². The molecule has 0 spiro atoms. The number of fused-ring (bicyclic) bond motifs is 4. The second-order valence-electron chi connectivity index (χ2n) is 21.7. The minimum Gasteiger partial charge on any atom is -0.509 e. The van der Waals surface area contributed by atoms with Crippen LogP contribution in [0.3, 0.4) is 0 Å². The zero-order valence-electron chi connectivity index (χ0n) is 50.5. The van der Waals surface area contributed by atoms with Crippen molar-refractivity contribution in [1.29, 1.82) is 0 Å². The fourth-order valence-electron chi connectivity index (χ4n) is 9.59. The first kappa shape index (κ1) is 40.3. The predicted molar refractivity (Wildman–Crippen MR) is 301 cm³/mol. The Balaban J connectivity index is 0.00000736. The molecule has 1 aliphatic rings. The minimum atomic E-state index is -2.73. The summed E-state index contributed by atoms with van der Waals surface area (Å²) in [6.07, 6.45) is 1.35. The van der Waals surface area contributed by atoms with Crippen LogP contribution in [0.15, 0.2) is 182 Å². The zero-order valence-corrected chi connectivity index (χ0v) is 44.8. The van der Waals surface area contributed by atoms with Gasteiger partial charge in [0.2, 0.25) is 0 Å². The van der Waals surface area contributed by atoms with Gasteiger partial charge in [-0.2, -0.15) is 12.1 Å². The molecule has 11 rings (SSSR count). The number of rotatable bonds is 8. The number of anilines is 4. The Morgan fingerprint density at radius 1 is 0.548 bits per heavy atom. The van der Waals surface area contributed by atoms with Crippen LogP contribution in [-0.2, 0) is 37.3 Å². The molecule has 0 amide bonds. The van der Waals surface area contributed by atoms with Crippen molar-refractivity contribution in [1.82, 2.24) is 9.55 Å². The predicted octanol–water partition coefficient (Wildman–Crippen LogP) is 18.2. The van der Waals surface area contributed by atoms with Crippen LogP contribution in [0.1, 0.15) is 95.5 Å². The van der Waals surface area contributed by atoms with Gasteiger partial charge in [-0.1, -0.05) is 177 Å². The van der Waals surface area contributed by atoms with Crippen molar-refractivity contribution < 1.29 is 36.8 Å². The maximum absolute atomic E-state index is 8.73. The third-order valence-electron chi connectivity index (χ3n) is 13.6. The molecule has 0 aliphatic carbocycles. The maximum Gasteiger partial charge on any atom is 0.138 e. The monoisotopic (exact) mass is 1140 g/mol. The molecule has 0 fully saturated rings. The van der Waals surface area contributed by atoms with Crippen molar-refractivity contribution in [3.63, 3.8) is 0 Å². The number of hydrogen-bond donors (Lipinski definition) is 0. The van der Waals surface area contributed by atoms with Gasteiger partial charge in [0.1, 0.15) is 5.82 Å². The second-order valence-corrected chi connectivity index (χ2v) is 21.7. The van der Waals surface area contributed by atoms with Gasteiger partial charge < -0.3 is 19.1 Å². The number of ether oxygens (including phenoxy) is 1. The Bertz CT molecular complexity index is 4040. The summed E-state index contributed by atoms with van der Waals surface area (Å²) in [5.74, 6) is 0.838. The van der Waals surface area contributed by atoms with Gasteiger partial charge in [0, 0.05) is 82.1 Å². The number of para-hydroxylation sites is 3. The summed E-state index contributed by atoms with van der Waals surface area (Å²) < 4.78 is 76.5. The van der Waals surface area contributed by atoms with E-state index in [4.69, 9.17) is 20.7 Å². The third kappa shape index (κ3) is 9.41. The first-order valence-corrected chi connectivity index (χ1v) is 24.4. The molecule has 0 N–H and O–H groups in total. The molecule has 2 aromatic heterocycles. The Hall–Kier alpha value is -7.20. The number of benzene rings is 8. The molecule has 0 radical (unpaired) electrons. The minimum absolute atomic E-state index is 0. The van der Waals surface area contributed by atoms with Gasteiger partial charge in [-0.3, -0.25) is 0 Å². The number of hydrogen-bond acceptors (Lipinski definition) is 4. The molecule has 10 aromatic rings. The summed E-state index contributed by atoms with van der Waals surface area (Å²) in [6, 6.07) is 53.9. The van der Waals surface area contributed by atoms with E-state index in [2.05, 4.69) is 170 Å². The van der Waals surface area contributed by atoms with Gasteiger partial charge >= 0.3 is 0 Å². The van der Waals surface area contributed by atoms with Crippen LogP contribution in [-0.4, -0.2) is 9.55 Å². The van der Waals surface area contributed by atoms with Gasteiger partial charge in [0.15, 0.2) is 0 Å². The van der Waals surface area contributed by atoms with E-state index in [1.54, 1.807) is 4.57 Å². The fourth-order valence-corrected chi connectivity index (χ4v) is 9.59. The van der Waals surface area contributed by atoms with E-state index in [0.29, 0.717) is 22.5 Å². The fraction of sp³-hybridized carbons (Fsp3) is 0.194.